The van der Waals surface area contributed by atoms with E-state index < -0.39 is 11.3 Å². The van der Waals surface area contributed by atoms with E-state index in [1.54, 1.807) is 0 Å². The molecule has 5 N–H and O–H groups in total. The van der Waals surface area contributed by atoms with Crippen molar-refractivity contribution in [2.45, 2.75) is 82.6 Å². The highest BCUT2D eigenvalue weighted by molar-refractivity contribution is 5.99. The number of Topliss-reactive ketones (excluding diaryl/α,β-unsaturated/α-hetero) is 1. The molecule has 0 unspecified atom stereocenters. The maximum Gasteiger partial charge on any atom is 0.254 e. The Kier molecular flexibility index (Phi) is 6.25. The smallest absolute Gasteiger partial charge is 0.254 e. The van der Waals surface area contributed by atoms with Gasteiger partial charge in [0.15, 0.2) is 0 Å². The number of rotatable bonds is 5. The molecule has 35 heavy (non-hydrogen) atoms. The van der Waals surface area contributed by atoms with E-state index >= 15 is 0 Å². The van der Waals surface area contributed by atoms with Gasteiger partial charge in [0.2, 0.25) is 5.95 Å². The van der Waals surface area contributed by atoms with E-state index in [0.29, 0.717) is 30.6 Å². The average molecular weight is 477 g/mol. The van der Waals surface area contributed by atoms with Crippen LogP contribution in [0.1, 0.15) is 91.8 Å². The van der Waals surface area contributed by atoms with E-state index in [1.807, 2.05) is 13.8 Å². The number of piperidine rings is 1. The minimum absolute atomic E-state index is 0.0779. The summed E-state index contributed by atoms with van der Waals surface area (Å²) in [7, 11) is 0. The summed E-state index contributed by atoms with van der Waals surface area (Å²) in [6.07, 6.45) is 9.93. The first kappa shape index (κ1) is 23.7. The highest BCUT2D eigenvalue weighted by Gasteiger charge is 2.40. The van der Waals surface area contributed by atoms with Gasteiger partial charge in [-0.1, -0.05) is 19.3 Å². The van der Waals surface area contributed by atoms with Crippen molar-refractivity contribution >= 4 is 29.1 Å². The third-order valence-electron chi connectivity index (χ3n) is 8.08. The number of aromatic nitrogens is 2. The van der Waals surface area contributed by atoms with Crippen LogP contribution in [-0.2, 0) is 16.6 Å². The number of carbonyl (C=O) groups excluding carboxylic acids is 2. The van der Waals surface area contributed by atoms with E-state index in [9.17, 15) is 9.59 Å². The van der Waals surface area contributed by atoms with Gasteiger partial charge in [-0.05, 0) is 74.3 Å². The average Bonchev–Trinajstić information content (AvgIpc) is 3.07. The van der Waals surface area contributed by atoms with Crippen LogP contribution >= 0.6 is 0 Å². The second-order valence-corrected chi connectivity index (χ2v) is 10.9. The number of nitrogens with zero attached hydrogens (tertiary/aromatic N) is 3. The summed E-state index contributed by atoms with van der Waals surface area (Å²) in [6.45, 7) is 5.51. The van der Waals surface area contributed by atoms with Crippen LogP contribution in [0.3, 0.4) is 0 Å². The summed E-state index contributed by atoms with van der Waals surface area (Å²) < 4.78 is 0. The molecule has 1 aromatic heterocycles. The summed E-state index contributed by atoms with van der Waals surface area (Å²) in [4.78, 5) is 36.3. The van der Waals surface area contributed by atoms with Crippen LogP contribution in [-0.4, -0.2) is 40.8 Å². The largest absolute Gasteiger partial charge is 0.365 e. The number of hydrogen-bond acceptors (Lipinski definition) is 7. The molecule has 2 fully saturated rings. The Morgan fingerprint density at radius 2 is 1.91 bits per heavy atom. The third-order valence-corrected chi connectivity index (χ3v) is 8.08. The van der Waals surface area contributed by atoms with E-state index in [2.05, 4.69) is 27.3 Å². The summed E-state index contributed by atoms with van der Waals surface area (Å²) in [6, 6.07) is 4.29. The molecule has 8 heteroatoms. The standard InChI is InChI=1S/C27H36N6O2/c1-27(2)22-12-18(11-19(20(22)13-23(27)34)16-7-4-3-5-8-16)31-25-21(24(29)35)14-30-26(32-25)33-10-6-9-17(28)15-33/h11-12,14,16-17H,3-10,13,15,28H2,1-2H3,(H2,29,35)(H,30,31,32)/t17-/m0/s1. The van der Waals surface area contributed by atoms with Crippen molar-refractivity contribution in [2.24, 2.45) is 11.5 Å². The van der Waals surface area contributed by atoms with Crippen LogP contribution in [0.25, 0.3) is 0 Å². The van der Waals surface area contributed by atoms with Gasteiger partial charge >= 0.3 is 0 Å². The van der Waals surface area contributed by atoms with Crippen molar-refractivity contribution in [1.29, 1.82) is 0 Å². The summed E-state index contributed by atoms with van der Waals surface area (Å²) in [5.41, 5.74) is 15.9. The fourth-order valence-electron chi connectivity index (χ4n) is 5.96. The number of carbonyl (C=O) groups is 2. The molecule has 1 aromatic carbocycles. The zero-order chi connectivity index (χ0) is 24.7. The van der Waals surface area contributed by atoms with Gasteiger partial charge in [-0.3, -0.25) is 9.59 Å². The Morgan fingerprint density at radius 1 is 1.14 bits per heavy atom. The van der Waals surface area contributed by atoms with Crippen LogP contribution in [0, 0.1) is 0 Å². The Balaban J connectivity index is 1.55. The number of primary amides is 1. The molecule has 1 amide bonds. The van der Waals surface area contributed by atoms with Crippen LogP contribution in [0.4, 0.5) is 17.5 Å². The zero-order valence-electron chi connectivity index (χ0n) is 20.8. The molecular weight excluding hydrogens is 440 g/mol. The van der Waals surface area contributed by atoms with Gasteiger partial charge in [-0.2, -0.15) is 4.98 Å². The predicted molar refractivity (Wildman–Crippen MR) is 137 cm³/mol. The maximum atomic E-state index is 12.9. The first-order valence-electron chi connectivity index (χ1n) is 12.9. The molecule has 2 aliphatic carbocycles. The van der Waals surface area contributed by atoms with Crippen molar-refractivity contribution in [1.82, 2.24) is 9.97 Å². The van der Waals surface area contributed by atoms with Crippen LogP contribution in [0.15, 0.2) is 18.3 Å². The molecule has 0 spiro atoms. The molecule has 1 aliphatic heterocycles. The Morgan fingerprint density at radius 3 is 2.63 bits per heavy atom. The summed E-state index contributed by atoms with van der Waals surface area (Å²) in [5, 5.41) is 3.39. The minimum atomic E-state index is -0.585. The number of benzene rings is 1. The van der Waals surface area contributed by atoms with Crippen molar-refractivity contribution in [3.05, 3.63) is 40.6 Å². The van der Waals surface area contributed by atoms with E-state index in [1.165, 1.54) is 36.6 Å². The number of nitrogens with one attached hydrogen (secondary N) is 1. The maximum absolute atomic E-state index is 12.9. The lowest BCUT2D eigenvalue weighted by atomic mass is 9.79. The van der Waals surface area contributed by atoms with Gasteiger partial charge in [0.05, 0.1) is 0 Å². The molecule has 2 aromatic rings. The molecule has 1 saturated heterocycles. The minimum Gasteiger partial charge on any atom is -0.365 e. The second kappa shape index (κ2) is 9.22. The van der Waals surface area contributed by atoms with Gasteiger partial charge in [0.25, 0.3) is 5.91 Å². The topological polar surface area (TPSA) is 127 Å². The number of hydrogen-bond donors (Lipinski definition) is 3. The van der Waals surface area contributed by atoms with E-state index in [0.717, 1.165) is 43.5 Å². The lowest BCUT2D eigenvalue weighted by Crippen LogP contribution is -2.43. The van der Waals surface area contributed by atoms with Gasteiger partial charge in [0, 0.05) is 42.9 Å². The fraction of sp³-hybridized carbons (Fsp3) is 0.556. The first-order valence-corrected chi connectivity index (χ1v) is 12.9. The number of anilines is 3. The van der Waals surface area contributed by atoms with Gasteiger partial charge in [0.1, 0.15) is 17.2 Å². The van der Waals surface area contributed by atoms with Crippen molar-refractivity contribution in [2.75, 3.05) is 23.3 Å². The predicted octanol–water partition coefficient (Wildman–Crippen LogP) is 3.70. The van der Waals surface area contributed by atoms with Crippen LogP contribution in [0.5, 0.6) is 0 Å². The summed E-state index contributed by atoms with van der Waals surface area (Å²) in [5.74, 6) is 1.05. The molecule has 186 valence electrons. The fourth-order valence-corrected chi connectivity index (χ4v) is 5.96. The highest BCUT2D eigenvalue weighted by atomic mass is 16.1. The first-order chi connectivity index (χ1) is 16.7. The number of amides is 1. The molecule has 1 saturated carbocycles. The van der Waals surface area contributed by atoms with Gasteiger partial charge in [-0.25, -0.2) is 4.98 Å². The quantitative estimate of drug-likeness (QED) is 0.600. The molecule has 5 rings (SSSR count). The highest BCUT2D eigenvalue weighted by Crippen LogP contribution is 2.45. The Labute approximate surface area is 206 Å². The zero-order valence-corrected chi connectivity index (χ0v) is 20.8. The lowest BCUT2D eigenvalue weighted by Gasteiger charge is -2.31. The lowest BCUT2D eigenvalue weighted by molar-refractivity contribution is -0.121. The SMILES string of the molecule is CC1(C)C(=O)Cc2c(C3CCCCC3)cc(Nc3nc(N4CCC[C@H](N)C4)ncc3C(N)=O)cc21. The van der Waals surface area contributed by atoms with Crippen molar-refractivity contribution in [3.63, 3.8) is 0 Å². The van der Waals surface area contributed by atoms with Gasteiger partial charge in [-0.15, -0.1) is 0 Å². The monoisotopic (exact) mass is 476 g/mol. The van der Waals surface area contributed by atoms with E-state index in [-0.39, 0.29) is 17.4 Å². The molecule has 8 nitrogen and oxygen atoms in total. The number of fused-ring (bicyclic) bond motifs is 1. The summed E-state index contributed by atoms with van der Waals surface area (Å²) >= 11 is 0. The molecule has 3 aliphatic rings. The molecule has 0 bridgehead atoms. The third kappa shape index (κ3) is 4.51. The number of ketones is 1. The molecule has 2 heterocycles. The van der Waals surface area contributed by atoms with Crippen LogP contribution < -0.4 is 21.7 Å². The van der Waals surface area contributed by atoms with Crippen LogP contribution in [0.2, 0.25) is 0 Å². The van der Waals surface area contributed by atoms with Crippen molar-refractivity contribution < 1.29 is 9.59 Å². The molecule has 0 radical (unpaired) electrons. The van der Waals surface area contributed by atoms with E-state index in [4.69, 9.17) is 16.5 Å². The second-order valence-electron chi connectivity index (χ2n) is 10.9. The number of nitrogens with two attached hydrogens (primary N) is 2. The molecule has 1 atom stereocenters. The van der Waals surface area contributed by atoms with Gasteiger partial charge < -0.3 is 21.7 Å². The Bertz CT molecular complexity index is 1150. The molecular formula is C27H36N6O2. The normalized spacial score (nSPS) is 22.2. The van der Waals surface area contributed by atoms with Crippen molar-refractivity contribution in [3.8, 4) is 0 Å². The Hall–Kier alpha value is -3.00.